The topological polar surface area (TPSA) is 100 Å². The highest BCUT2D eigenvalue weighted by atomic mass is 28.4. The van der Waals surface area contributed by atoms with E-state index in [1.807, 2.05) is 0 Å². The Morgan fingerprint density at radius 3 is 1.85 bits per heavy atom. The van der Waals surface area contributed by atoms with E-state index in [1.165, 1.54) is 10.9 Å². The third kappa shape index (κ3) is 6.80. The van der Waals surface area contributed by atoms with Crippen LogP contribution in [0.25, 0.3) is 11.2 Å². The maximum Gasteiger partial charge on any atom is 0.293 e. The summed E-state index contributed by atoms with van der Waals surface area (Å²) in [6, 6.07) is 0. The number of rotatable bonds is 8. The van der Waals surface area contributed by atoms with Crippen molar-refractivity contribution in [1.29, 1.82) is 0 Å². The number of halogens is 1. The number of imidazole rings is 1. The fraction of sp³-hybridized carbons (Fsp3) is 0.821. The number of ether oxygens (including phenoxy) is 1. The highest BCUT2D eigenvalue weighted by molar-refractivity contribution is 6.75. The maximum absolute atomic E-state index is 15.7. The molecule has 0 amide bonds. The van der Waals surface area contributed by atoms with Crippen molar-refractivity contribution < 1.29 is 22.4 Å². The SMILES string of the molecule is CC(C)(C)[Si](C)(C)OCC1OC(n2c(F)nc3c(=O)[nH]cnc32)C(O[Si](C)(C)C(C)(C)C)C1O[Si](C)(C)C(C)(C)C. The Morgan fingerprint density at radius 2 is 1.37 bits per heavy atom. The molecular formula is C28H53FN4O5Si3. The van der Waals surface area contributed by atoms with Crippen LogP contribution in [-0.4, -0.2) is 69.4 Å². The molecule has 0 saturated carbocycles. The molecule has 4 atom stereocenters. The van der Waals surface area contributed by atoms with E-state index in [9.17, 15) is 4.79 Å². The van der Waals surface area contributed by atoms with Gasteiger partial charge in [0.05, 0.1) is 12.9 Å². The number of fused-ring (bicyclic) bond motifs is 1. The molecule has 1 saturated heterocycles. The molecule has 0 spiro atoms. The van der Waals surface area contributed by atoms with Crippen molar-refractivity contribution in [3.63, 3.8) is 0 Å². The van der Waals surface area contributed by atoms with Crippen LogP contribution in [0.15, 0.2) is 11.1 Å². The van der Waals surface area contributed by atoms with Crippen molar-refractivity contribution in [2.75, 3.05) is 6.61 Å². The zero-order valence-corrected chi connectivity index (χ0v) is 30.9. The van der Waals surface area contributed by atoms with Gasteiger partial charge in [0.25, 0.3) is 11.6 Å². The van der Waals surface area contributed by atoms with E-state index >= 15 is 4.39 Å². The van der Waals surface area contributed by atoms with Crippen molar-refractivity contribution in [2.45, 2.75) is 141 Å². The van der Waals surface area contributed by atoms with Crippen LogP contribution in [0.1, 0.15) is 68.5 Å². The number of hydrogen-bond acceptors (Lipinski definition) is 7. The standard InChI is InChI=1S/C28H53FN4O5Si3/c1-26(2,3)39(10,11)35-16-18-20(37-40(12,13)27(4,5)6)21(38-41(14,15)28(7,8)9)24(36-18)33-22-19(32-25(33)29)23(34)31-17-30-22/h17-18,20-21,24H,16H2,1-15H3,(H,30,31,34). The van der Waals surface area contributed by atoms with Crippen LogP contribution in [0.4, 0.5) is 4.39 Å². The molecule has 1 N–H and O–H groups in total. The van der Waals surface area contributed by atoms with Crippen molar-refractivity contribution in [1.82, 2.24) is 19.5 Å². The molecule has 234 valence electrons. The lowest BCUT2D eigenvalue weighted by molar-refractivity contribution is -0.0518. The Morgan fingerprint density at radius 1 is 0.878 bits per heavy atom. The van der Waals surface area contributed by atoms with E-state index in [4.69, 9.17) is 18.0 Å². The van der Waals surface area contributed by atoms with Crippen LogP contribution in [0.5, 0.6) is 0 Å². The van der Waals surface area contributed by atoms with Gasteiger partial charge in [0.1, 0.15) is 18.3 Å². The van der Waals surface area contributed by atoms with Crippen LogP contribution in [-0.2, 0) is 18.0 Å². The molecule has 41 heavy (non-hydrogen) atoms. The molecule has 0 radical (unpaired) electrons. The molecule has 13 heteroatoms. The fourth-order valence-electron chi connectivity index (χ4n) is 3.98. The molecule has 9 nitrogen and oxygen atoms in total. The minimum absolute atomic E-state index is 0.00453. The number of aromatic nitrogens is 4. The average Bonchev–Trinajstić information content (AvgIpc) is 3.27. The highest BCUT2D eigenvalue weighted by Crippen LogP contribution is 2.47. The summed E-state index contributed by atoms with van der Waals surface area (Å²) in [4.78, 5) is 23.2. The van der Waals surface area contributed by atoms with Gasteiger partial charge in [-0.1, -0.05) is 62.3 Å². The van der Waals surface area contributed by atoms with Gasteiger partial charge >= 0.3 is 0 Å². The predicted octanol–water partition coefficient (Wildman–Crippen LogP) is 6.96. The second kappa shape index (κ2) is 11.0. The highest BCUT2D eigenvalue weighted by Gasteiger charge is 2.55. The molecule has 0 bridgehead atoms. The van der Waals surface area contributed by atoms with E-state index in [-0.39, 0.29) is 32.9 Å². The summed E-state index contributed by atoms with van der Waals surface area (Å²) < 4.78 is 44.5. The fourth-order valence-corrected chi connectivity index (χ4v) is 7.60. The lowest BCUT2D eigenvalue weighted by Gasteiger charge is -2.44. The molecule has 2 aromatic rings. The van der Waals surface area contributed by atoms with Crippen LogP contribution in [0, 0.1) is 6.08 Å². The second-order valence-corrected chi connectivity index (χ2v) is 30.3. The Labute approximate surface area is 248 Å². The molecule has 2 aromatic heterocycles. The molecular weight excluding hydrogens is 576 g/mol. The third-order valence-electron chi connectivity index (χ3n) is 9.87. The molecule has 1 aliphatic heterocycles. The van der Waals surface area contributed by atoms with Crippen molar-refractivity contribution >= 4 is 36.1 Å². The lowest BCUT2D eigenvalue weighted by Crippen LogP contribution is -2.54. The number of nitrogens with zero attached hydrogens (tertiary/aromatic N) is 3. The second-order valence-electron chi connectivity index (χ2n) is 16.0. The molecule has 0 aromatic carbocycles. The summed E-state index contributed by atoms with van der Waals surface area (Å²) in [5.74, 6) is 0. The largest absolute Gasteiger partial charge is 0.414 e. The van der Waals surface area contributed by atoms with E-state index < -0.39 is 61.1 Å². The van der Waals surface area contributed by atoms with Gasteiger partial charge in [-0.05, 0) is 54.4 Å². The van der Waals surface area contributed by atoms with Crippen LogP contribution >= 0.6 is 0 Å². The van der Waals surface area contributed by atoms with Gasteiger partial charge in [-0.3, -0.25) is 9.36 Å². The molecule has 4 unspecified atom stereocenters. The average molecular weight is 629 g/mol. The first-order valence-electron chi connectivity index (χ1n) is 14.6. The summed E-state index contributed by atoms with van der Waals surface area (Å²) >= 11 is 0. The Bertz CT molecular complexity index is 1290. The number of H-pyrrole nitrogens is 1. The van der Waals surface area contributed by atoms with E-state index in [1.54, 1.807) is 0 Å². The van der Waals surface area contributed by atoms with Gasteiger partial charge in [-0.15, -0.1) is 0 Å². The summed E-state index contributed by atoms with van der Waals surface area (Å²) in [7, 11) is -6.93. The monoisotopic (exact) mass is 628 g/mol. The van der Waals surface area contributed by atoms with E-state index in [2.05, 4.69) is 117 Å². The van der Waals surface area contributed by atoms with E-state index in [0.29, 0.717) is 0 Å². The van der Waals surface area contributed by atoms with Crippen LogP contribution in [0.3, 0.4) is 0 Å². The van der Waals surface area contributed by atoms with Crippen molar-refractivity contribution in [3.8, 4) is 0 Å². The molecule has 3 rings (SSSR count). The zero-order valence-electron chi connectivity index (χ0n) is 27.9. The van der Waals surface area contributed by atoms with Crippen molar-refractivity contribution in [3.05, 3.63) is 22.8 Å². The minimum atomic E-state index is -2.42. The zero-order chi connectivity index (χ0) is 31.6. The first-order chi connectivity index (χ1) is 18.3. The smallest absolute Gasteiger partial charge is 0.293 e. The Balaban J connectivity index is 2.20. The van der Waals surface area contributed by atoms with E-state index in [0.717, 1.165) is 0 Å². The third-order valence-corrected chi connectivity index (χ3v) is 23.3. The summed E-state index contributed by atoms with van der Waals surface area (Å²) in [6.45, 7) is 33.1. The maximum atomic E-state index is 15.7. The first-order valence-corrected chi connectivity index (χ1v) is 23.3. The van der Waals surface area contributed by atoms with Gasteiger partial charge < -0.3 is 23.0 Å². The lowest BCUT2D eigenvalue weighted by atomic mass is 10.1. The van der Waals surface area contributed by atoms with Gasteiger partial charge in [0.2, 0.25) is 0 Å². The van der Waals surface area contributed by atoms with Gasteiger partial charge in [0.15, 0.2) is 42.3 Å². The van der Waals surface area contributed by atoms with Crippen molar-refractivity contribution in [2.24, 2.45) is 0 Å². The first kappa shape index (κ1) is 34.3. The predicted molar refractivity (Wildman–Crippen MR) is 169 cm³/mol. The number of hydrogen-bond donors (Lipinski definition) is 1. The molecule has 3 heterocycles. The Kier molecular flexibility index (Phi) is 9.23. The summed E-state index contributed by atoms with van der Waals surface area (Å²) in [5, 5.41) is -0.214. The molecule has 1 fully saturated rings. The van der Waals surface area contributed by atoms with Gasteiger partial charge in [-0.25, -0.2) is 4.98 Å². The summed E-state index contributed by atoms with van der Waals surface area (Å²) in [5.41, 5.74) is -0.487. The normalized spacial score (nSPS) is 23.5. The van der Waals surface area contributed by atoms with Gasteiger partial charge in [-0.2, -0.15) is 9.37 Å². The summed E-state index contributed by atoms with van der Waals surface area (Å²) in [6.07, 6.45) is -2.29. The van der Waals surface area contributed by atoms with Gasteiger partial charge in [0, 0.05) is 0 Å². The number of aromatic amines is 1. The Hall–Kier alpha value is -1.23. The molecule has 0 aliphatic carbocycles. The number of nitrogens with one attached hydrogen (secondary N) is 1. The van der Waals surface area contributed by atoms with Crippen LogP contribution < -0.4 is 5.56 Å². The van der Waals surface area contributed by atoms with Crippen LogP contribution in [0.2, 0.25) is 54.4 Å². The quantitative estimate of drug-likeness (QED) is 0.249. The minimum Gasteiger partial charge on any atom is -0.414 e. The molecule has 1 aliphatic rings.